The summed E-state index contributed by atoms with van der Waals surface area (Å²) in [5.74, 6) is -1.80. The monoisotopic (exact) mass is 511 g/mol. The lowest BCUT2D eigenvalue weighted by molar-refractivity contribution is -0.135. The number of benzene rings is 1. The zero-order valence-electron chi connectivity index (χ0n) is 19.9. The van der Waals surface area contributed by atoms with E-state index in [1.807, 2.05) is 4.90 Å². The third-order valence-electron chi connectivity index (χ3n) is 6.82. The van der Waals surface area contributed by atoms with Gasteiger partial charge in [-0.2, -0.15) is 0 Å². The highest BCUT2D eigenvalue weighted by Gasteiger charge is 2.41. The van der Waals surface area contributed by atoms with Gasteiger partial charge in [0, 0.05) is 24.2 Å². The normalized spacial score (nSPS) is 22.3. The Hall–Kier alpha value is -2.56. The van der Waals surface area contributed by atoms with Gasteiger partial charge in [0.25, 0.3) is 0 Å². The number of nitrogens with zero attached hydrogens (tertiary/aromatic N) is 2. The lowest BCUT2D eigenvalue weighted by atomic mass is 9.79. The maximum Gasteiger partial charge on any atom is 0.325 e. The van der Waals surface area contributed by atoms with Gasteiger partial charge in [-0.1, -0.05) is 44.2 Å². The predicted octanol–water partition coefficient (Wildman–Crippen LogP) is 1.80. The Morgan fingerprint density at radius 1 is 1.23 bits per heavy atom. The molecular weight excluding hydrogens is 477 g/mol. The molecule has 0 bridgehead atoms. The Morgan fingerprint density at radius 3 is 2.51 bits per heavy atom. The summed E-state index contributed by atoms with van der Waals surface area (Å²) in [6.07, 6.45) is 6.48. The van der Waals surface area contributed by atoms with Crippen LogP contribution >= 0.6 is 12.4 Å². The second-order valence-electron chi connectivity index (χ2n) is 9.38. The van der Waals surface area contributed by atoms with Crippen LogP contribution < -0.4 is 16.8 Å². The van der Waals surface area contributed by atoms with Crippen molar-refractivity contribution in [1.29, 1.82) is 0 Å². The quantitative estimate of drug-likeness (QED) is 0.307. The maximum absolute atomic E-state index is 14.9. The largest absolute Gasteiger partial charge is 0.480 e. The number of carbonyl (C=O) groups excluding carboxylic acids is 2. The number of halogens is 2. The number of amides is 2. The minimum absolute atomic E-state index is 0. The van der Waals surface area contributed by atoms with E-state index in [-0.39, 0.29) is 24.8 Å². The van der Waals surface area contributed by atoms with Gasteiger partial charge in [0.2, 0.25) is 11.8 Å². The fourth-order valence-electron chi connectivity index (χ4n) is 4.95. The number of likely N-dealkylation sites (tertiary alicyclic amines) is 1. The van der Waals surface area contributed by atoms with E-state index in [9.17, 15) is 18.8 Å². The van der Waals surface area contributed by atoms with Crippen LogP contribution in [0, 0.1) is 17.7 Å². The zero-order chi connectivity index (χ0) is 24.8. The standard InChI is InChI=1S/C24H34FN5O4.ClH/c1-14(26)23(33)29-24(34)20-10-18(15-5-3-2-4-6-15)13-30(20)12-17-8-7-16(9-19(17)25)22(27)28-11-21(31)32;/h7-9,14-15,18,20H,2-6,10-13,26H2,1H3,(H2,27,28)(H,31,32)(H,29,33,34);1H/t14-,18?,20-;/m0./s1. The molecule has 2 aliphatic rings. The Morgan fingerprint density at radius 2 is 1.91 bits per heavy atom. The van der Waals surface area contributed by atoms with E-state index in [1.54, 1.807) is 12.1 Å². The van der Waals surface area contributed by atoms with Crippen molar-refractivity contribution in [1.82, 2.24) is 10.2 Å². The van der Waals surface area contributed by atoms with Gasteiger partial charge in [0.1, 0.15) is 18.2 Å². The number of hydrogen-bond donors (Lipinski definition) is 4. The van der Waals surface area contributed by atoms with Crippen LogP contribution in [0.2, 0.25) is 0 Å². The van der Waals surface area contributed by atoms with Crippen LogP contribution in [-0.4, -0.2) is 58.8 Å². The van der Waals surface area contributed by atoms with Gasteiger partial charge in [0.05, 0.1) is 12.1 Å². The third kappa shape index (κ3) is 7.71. The summed E-state index contributed by atoms with van der Waals surface area (Å²) in [6, 6.07) is 3.04. The zero-order valence-corrected chi connectivity index (χ0v) is 20.7. The van der Waals surface area contributed by atoms with Gasteiger partial charge in [-0.15, -0.1) is 12.4 Å². The average Bonchev–Trinajstić information content (AvgIpc) is 3.23. The van der Waals surface area contributed by atoms with Crippen LogP contribution in [-0.2, 0) is 20.9 Å². The molecule has 1 aromatic carbocycles. The van der Waals surface area contributed by atoms with Crippen LogP contribution in [0.1, 0.15) is 56.6 Å². The number of carbonyl (C=O) groups is 3. The summed E-state index contributed by atoms with van der Waals surface area (Å²) < 4.78 is 14.9. The Kier molecular flexibility index (Phi) is 10.6. The lowest BCUT2D eigenvalue weighted by Gasteiger charge is -2.27. The molecule has 3 atom stereocenters. The van der Waals surface area contributed by atoms with Crippen molar-refractivity contribution in [3.05, 3.63) is 35.1 Å². The van der Waals surface area contributed by atoms with E-state index in [1.165, 1.54) is 32.3 Å². The van der Waals surface area contributed by atoms with Gasteiger partial charge < -0.3 is 16.6 Å². The smallest absolute Gasteiger partial charge is 0.325 e. The molecule has 1 saturated carbocycles. The van der Waals surface area contributed by atoms with Crippen molar-refractivity contribution in [2.45, 2.75) is 64.1 Å². The summed E-state index contributed by atoms with van der Waals surface area (Å²) in [4.78, 5) is 41.3. The molecular formula is C24H35ClFN5O4. The number of nitrogens with two attached hydrogens (primary N) is 2. The van der Waals surface area contributed by atoms with Crippen molar-refractivity contribution in [3.8, 4) is 0 Å². The summed E-state index contributed by atoms with van der Waals surface area (Å²) in [7, 11) is 0. The molecule has 1 saturated heterocycles. The molecule has 1 aromatic rings. The van der Waals surface area contributed by atoms with Crippen molar-refractivity contribution in [2.75, 3.05) is 13.1 Å². The van der Waals surface area contributed by atoms with Crippen LogP contribution in [0.3, 0.4) is 0 Å². The number of hydrogen-bond acceptors (Lipinski definition) is 6. The molecule has 1 aliphatic carbocycles. The van der Waals surface area contributed by atoms with E-state index < -0.39 is 42.2 Å². The summed E-state index contributed by atoms with van der Waals surface area (Å²) in [5, 5.41) is 11.1. The predicted molar refractivity (Wildman–Crippen MR) is 133 cm³/mol. The molecule has 3 rings (SSSR count). The molecule has 1 heterocycles. The molecule has 2 fully saturated rings. The molecule has 2 amide bonds. The van der Waals surface area contributed by atoms with E-state index in [2.05, 4.69) is 10.3 Å². The number of nitrogens with one attached hydrogen (secondary N) is 1. The van der Waals surface area contributed by atoms with Crippen molar-refractivity contribution in [2.24, 2.45) is 28.3 Å². The molecule has 1 unspecified atom stereocenters. The van der Waals surface area contributed by atoms with E-state index in [0.29, 0.717) is 35.9 Å². The van der Waals surface area contributed by atoms with Crippen molar-refractivity contribution in [3.63, 3.8) is 0 Å². The van der Waals surface area contributed by atoms with Gasteiger partial charge in [-0.05, 0) is 31.2 Å². The topological polar surface area (TPSA) is 151 Å². The SMILES string of the molecule is C[C@H](N)C(=O)NC(=O)[C@@H]1CC(C2CCCCC2)CN1Cc1ccc(C(N)=NCC(=O)O)cc1F.Cl. The first-order valence-electron chi connectivity index (χ1n) is 11.8. The number of amidine groups is 1. The molecule has 194 valence electrons. The molecule has 0 radical (unpaired) electrons. The Labute approximate surface area is 210 Å². The fourth-order valence-corrected chi connectivity index (χ4v) is 4.95. The summed E-state index contributed by atoms with van der Waals surface area (Å²) in [6.45, 7) is 1.87. The Balaban J connectivity index is 0.00000432. The Bertz CT molecular complexity index is 952. The highest BCUT2D eigenvalue weighted by Crippen LogP contribution is 2.38. The van der Waals surface area contributed by atoms with Crippen LogP contribution in [0.5, 0.6) is 0 Å². The number of imide groups is 1. The van der Waals surface area contributed by atoms with E-state index in [4.69, 9.17) is 16.6 Å². The van der Waals surface area contributed by atoms with Gasteiger partial charge in [-0.25, -0.2) is 4.39 Å². The van der Waals surface area contributed by atoms with Gasteiger partial charge in [0.15, 0.2) is 0 Å². The fraction of sp³-hybridized carbons (Fsp3) is 0.583. The molecule has 11 heteroatoms. The van der Waals surface area contributed by atoms with Crippen molar-refractivity contribution < 1.29 is 23.9 Å². The summed E-state index contributed by atoms with van der Waals surface area (Å²) in [5.41, 5.74) is 12.1. The van der Waals surface area contributed by atoms with Gasteiger partial charge in [-0.3, -0.25) is 29.6 Å². The molecule has 0 aromatic heterocycles. The van der Waals surface area contributed by atoms with Crippen LogP contribution in [0.4, 0.5) is 4.39 Å². The average molecular weight is 512 g/mol. The molecule has 6 N–H and O–H groups in total. The number of carboxylic acid groups (broad SMARTS) is 1. The first-order valence-corrected chi connectivity index (χ1v) is 11.8. The second-order valence-corrected chi connectivity index (χ2v) is 9.38. The molecule has 35 heavy (non-hydrogen) atoms. The van der Waals surface area contributed by atoms with Gasteiger partial charge >= 0.3 is 5.97 Å². The number of rotatable bonds is 8. The molecule has 0 spiro atoms. The molecule has 1 aliphatic heterocycles. The maximum atomic E-state index is 14.9. The molecule has 9 nitrogen and oxygen atoms in total. The first kappa shape index (κ1) is 28.7. The highest BCUT2D eigenvalue weighted by atomic mass is 35.5. The van der Waals surface area contributed by atoms with Crippen molar-refractivity contribution >= 4 is 36.0 Å². The first-order chi connectivity index (χ1) is 16.2. The van der Waals surface area contributed by atoms with Crippen LogP contribution in [0.25, 0.3) is 0 Å². The van der Waals surface area contributed by atoms with Crippen LogP contribution in [0.15, 0.2) is 23.2 Å². The lowest BCUT2D eigenvalue weighted by Crippen LogP contribution is -2.49. The number of aliphatic carboxylic acids is 1. The second kappa shape index (κ2) is 12.9. The summed E-state index contributed by atoms with van der Waals surface area (Å²) >= 11 is 0. The van der Waals surface area contributed by atoms with E-state index >= 15 is 0 Å². The minimum Gasteiger partial charge on any atom is -0.480 e. The number of carboxylic acids is 1. The van der Waals surface area contributed by atoms with E-state index in [0.717, 1.165) is 12.8 Å². The minimum atomic E-state index is -1.13. The highest BCUT2D eigenvalue weighted by molar-refractivity contribution is 6.00. The number of aliphatic imine (C=N–C) groups is 1. The third-order valence-corrected chi connectivity index (χ3v) is 6.82.